The zero-order valence-electron chi connectivity index (χ0n) is 15.0. The molecule has 0 bridgehead atoms. The van der Waals surface area contributed by atoms with Gasteiger partial charge in [0.25, 0.3) is 0 Å². The van der Waals surface area contributed by atoms with Gasteiger partial charge in [-0.3, -0.25) is 9.59 Å². The number of hydrogen-bond donors (Lipinski definition) is 1. The van der Waals surface area contributed by atoms with Gasteiger partial charge >= 0.3 is 0 Å². The average Bonchev–Trinajstić information content (AvgIpc) is 2.59. The van der Waals surface area contributed by atoms with Crippen LogP contribution >= 0.6 is 12.6 Å². The minimum atomic E-state index is -1.01. The Labute approximate surface area is 154 Å². The molecule has 25 heavy (non-hydrogen) atoms. The van der Waals surface area contributed by atoms with Gasteiger partial charge in [0.15, 0.2) is 17.7 Å². The molecule has 2 atom stereocenters. The molecule has 2 aromatic carbocycles. The quantitative estimate of drug-likeness (QED) is 0.451. The van der Waals surface area contributed by atoms with Crippen molar-refractivity contribution in [1.82, 2.24) is 0 Å². The lowest BCUT2D eigenvalue weighted by atomic mass is 9.88. The van der Waals surface area contributed by atoms with Crippen molar-refractivity contribution in [3.05, 3.63) is 65.2 Å². The number of thiol groups is 1. The van der Waals surface area contributed by atoms with E-state index in [1.54, 1.807) is 24.3 Å². The largest absolute Gasteiger partial charge is 0.478 e. The first-order chi connectivity index (χ1) is 11.8. The molecule has 2 rings (SSSR count). The molecule has 0 heterocycles. The first kappa shape index (κ1) is 19.3. The molecule has 0 N–H and O–H groups in total. The number of aryl methyl sites for hydroxylation is 1. The van der Waals surface area contributed by atoms with Gasteiger partial charge in [0, 0.05) is 22.3 Å². The molecule has 0 radical (unpaired) electrons. The predicted molar refractivity (Wildman–Crippen MR) is 104 cm³/mol. The number of ether oxygens (including phenoxy) is 1. The Morgan fingerprint density at radius 1 is 1.00 bits per heavy atom. The van der Waals surface area contributed by atoms with E-state index in [1.165, 1.54) is 0 Å². The highest BCUT2D eigenvalue weighted by atomic mass is 32.1. The molecular weight excluding hydrogens is 332 g/mol. The Hall–Kier alpha value is -2.07. The van der Waals surface area contributed by atoms with Crippen molar-refractivity contribution in [2.24, 2.45) is 5.92 Å². The molecule has 0 saturated heterocycles. The molecule has 0 saturated carbocycles. The highest BCUT2D eigenvalue weighted by Gasteiger charge is 2.40. The average molecular weight is 356 g/mol. The number of carbonyl (C=O) groups is 2. The molecular formula is C21H24O3S. The number of aldehydes is 1. The van der Waals surface area contributed by atoms with E-state index < -0.39 is 5.60 Å². The van der Waals surface area contributed by atoms with Gasteiger partial charge < -0.3 is 4.74 Å². The molecule has 2 aromatic rings. The highest BCUT2D eigenvalue weighted by molar-refractivity contribution is 7.81. The Kier molecular flexibility index (Phi) is 6.07. The molecule has 132 valence electrons. The Bertz CT molecular complexity index is 723. The van der Waals surface area contributed by atoms with E-state index in [-0.39, 0.29) is 17.0 Å². The van der Waals surface area contributed by atoms with Gasteiger partial charge in [-0.05, 0) is 38.1 Å². The topological polar surface area (TPSA) is 43.4 Å². The van der Waals surface area contributed by atoms with Gasteiger partial charge in [-0.25, -0.2) is 0 Å². The van der Waals surface area contributed by atoms with Crippen molar-refractivity contribution in [2.75, 3.05) is 0 Å². The van der Waals surface area contributed by atoms with E-state index >= 15 is 0 Å². The molecule has 0 spiro atoms. The van der Waals surface area contributed by atoms with Gasteiger partial charge in [0.1, 0.15) is 5.75 Å². The van der Waals surface area contributed by atoms with Crippen LogP contribution in [0.5, 0.6) is 5.75 Å². The van der Waals surface area contributed by atoms with Crippen molar-refractivity contribution in [3.8, 4) is 5.75 Å². The van der Waals surface area contributed by atoms with E-state index in [0.717, 1.165) is 11.8 Å². The smallest absolute Gasteiger partial charge is 0.193 e. The van der Waals surface area contributed by atoms with Crippen LogP contribution in [-0.4, -0.2) is 22.9 Å². The minimum Gasteiger partial charge on any atom is -0.478 e. The summed E-state index contributed by atoms with van der Waals surface area (Å²) in [6.07, 6.45) is 0.820. The molecule has 4 heteroatoms. The van der Waals surface area contributed by atoms with E-state index in [1.807, 2.05) is 52.0 Å². The van der Waals surface area contributed by atoms with Crippen LogP contribution < -0.4 is 4.74 Å². The summed E-state index contributed by atoms with van der Waals surface area (Å²) < 4.78 is 5.97. The van der Waals surface area contributed by atoms with Gasteiger partial charge in [0.05, 0.1) is 0 Å². The maximum absolute atomic E-state index is 12.5. The van der Waals surface area contributed by atoms with E-state index in [4.69, 9.17) is 4.74 Å². The Morgan fingerprint density at radius 3 is 1.88 bits per heavy atom. The van der Waals surface area contributed by atoms with E-state index in [0.29, 0.717) is 16.9 Å². The Morgan fingerprint density at radius 2 is 1.48 bits per heavy atom. The lowest BCUT2D eigenvalue weighted by Gasteiger charge is -2.35. The molecule has 0 aliphatic carbocycles. The minimum absolute atomic E-state index is 0.0358. The molecule has 0 fully saturated rings. The maximum atomic E-state index is 12.5. The summed E-state index contributed by atoms with van der Waals surface area (Å²) in [5.41, 5.74) is 1.33. The van der Waals surface area contributed by atoms with Crippen LogP contribution in [0.1, 0.15) is 42.3 Å². The fraction of sp³-hybridized carbons (Fsp3) is 0.333. The van der Waals surface area contributed by atoms with Gasteiger partial charge in [0.2, 0.25) is 0 Å². The summed E-state index contributed by atoms with van der Waals surface area (Å²) in [5, 5.41) is -0.265. The van der Waals surface area contributed by atoms with Crippen LogP contribution in [0, 0.1) is 12.8 Å². The van der Waals surface area contributed by atoms with Gasteiger partial charge in [-0.2, -0.15) is 12.6 Å². The molecule has 0 aliphatic heterocycles. The first-order valence-corrected chi connectivity index (χ1v) is 8.86. The van der Waals surface area contributed by atoms with Crippen LogP contribution in [0.15, 0.2) is 48.5 Å². The lowest BCUT2D eigenvalue weighted by molar-refractivity contribution is -0.124. The summed E-state index contributed by atoms with van der Waals surface area (Å²) in [4.78, 5) is 24.2. The molecule has 0 aliphatic rings. The second-order valence-electron chi connectivity index (χ2n) is 6.62. The van der Waals surface area contributed by atoms with Crippen LogP contribution in [0.25, 0.3) is 0 Å². The second kappa shape index (κ2) is 7.87. The summed E-state index contributed by atoms with van der Waals surface area (Å²) in [7, 11) is 0. The highest BCUT2D eigenvalue weighted by Crippen LogP contribution is 2.30. The van der Waals surface area contributed by atoms with Crippen molar-refractivity contribution >= 4 is 24.7 Å². The van der Waals surface area contributed by atoms with Crippen LogP contribution in [-0.2, 0) is 4.79 Å². The molecule has 0 amide bonds. The standard InChI is InChI=1S/C21H24O3S/c1-14(2)21(13-22,16(4)25)24-19-11-9-18(10-12-19)20(23)17-7-5-15(3)6-8-17/h5-14,16,25H,1-4H3/t16-,21?/m1/s1. The molecule has 1 unspecified atom stereocenters. The van der Waals surface area contributed by atoms with Gasteiger partial charge in [-0.1, -0.05) is 43.7 Å². The number of hydrogen-bond acceptors (Lipinski definition) is 4. The third-order valence-electron chi connectivity index (χ3n) is 4.46. The summed E-state index contributed by atoms with van der Waals surface area (Å²) >= 11 is 4.43. The number of rotatable bonds is 7. The predicted octanol–water partition coefficient (Wildman–Crippen LogP) is 4.52. The zero-order valence-corrected chi connectivity index (χ0v) is 15.9. The second-order valence-corrected chi connectivity index (χ2v) is 7.40. The van der Waals surface area contributed by atoms with E-state index in [2.05, 4.69) is 12.6 Å². The SMILES string of the molecule is Cc1ccc(C(=O)c2ccc(OC(C=O)(C(C)C)[C@@H](C)S)cc2)cc1. The van der Waals surface area contributed by atoms with Crippen LogP contribution in [0.3, 0.4) is 0 Å². The van der Waals surface area contributed by atoms with Gasteiger partial charge in [-0.15, -0.1) is 0 Å². The van der Waals surface area contributed by atoms with Crippen molar-refractivity contribution in [2.45, 2.75) is 38.5 Å². The summed E-state index contributed by atoms with van der Waals surface area (Å²) in [6.45, 7) is 7.68. The summed E-state index contributed by atoms with van der Waals surface area (Å²) in [5.74, 6) is 0.466. The maximum Gasteiger partial charge on any atom is 0.193 e. The number of benzene rings is 2. The lowest BCUT2D eigenvalue weighted by Crippen LogP contribution is -2.50. The normalized spacial score (nSPS) is 14.6. The number of ketones is 1. The van der Waals surface area contributed by atoms with Crippen molar-refractivity contribution in [1.29, 1.82) is 0 Å². The fourth-order valence-electron chi connectivity index (χ4n) is 2.69. The van der Waals surface area contributed by atoms with Crippen LogP contribution in [0.4, 0.5) is 0 Å². The summed E-state index contributed by atoms with van der Waals surface area (Å²) in [6, 6.07) is 14.4. The first-order valence-electron chi connectivity index (χ1n) is 8.35. The van der Waals surface area contributed by atoms with Crippen molar-refractivity contribution in [3.63, 3.8) is 0 Å². The third-order valence-corrected chi connectivity index (χ3v) is 4.87. The monoisotopic (exact) mass is 356 g/mol. The molecule has 3 nitrogen and oxygen atoms in total. The number of carbonyl (C=O) groups excluding carboxylic acids is 2. The van der Waals surface area contributed by atoms with Crippen LogP contribution in [0.2, 0.25) is 0 Å². The van der Waals surface area contributed by atoms with E-state index in [9.17, 15) is 9.59 Å². The van der Waals surface area contributed by atoms with Crippen molar-refractivity contribution < 1.29 is 14.3 Å². The molecule has 0 aromatic heterocycles. The Balaban J connectivity index is 2.23. The fourth-order valence-corrected chi connectivity index (χ4v) is 3.11. The third kappa shape index (κ3) is 4.13. The zero-order chi connectivity index (χ0) is 18.6.